The fourth-order valence-corrected chi connectivity index (χ4v) is 4.37. The Kier molecular flexibility index (Phi) is 5.30. The van der Waals surface area contributed by atoms with E-state index in [2.05, 4.69) is 10.00 Å². The third kappa shape index (κ3) is 3.99. The number of anilines is 1. The Balaban J connectivity index is 1.53. The normalized spacial score (nSPS) is 17.4. The van der Waals surface area contributed by atoms with Crippen molar-refractivity contribution >= 4 is 34.4 Å². The molecule has 0 bridgehead atoms. The number of carbonyl (C=O) groups is 1. The Hall–Kier alpha value is -2.67. The summed E-state index contributed by atoms with van der Waals surface area (Å²) < 4.78 is 1.85. The first-order valence-corrected chi connectivity index (χ1v) is 11.4. The molecular formula is C23H27ClN6O. The van der Waals surface area contributed by atoms with Gasteiger partial charge in [0.1, 0.15) is 11.6 Å². The van der Waals surface area contributed by atoms with E-state index in [-0.39, 0.29) is 11.8 Å². The molecule has 5 rings (SSSR count). The number of hydrogen-bond acceptors (Lipinski definition) is 5. The van der Waals surface area contributed by atoms with E-state index in [4.69, 9.17) is 21.6 Å². The number of amides is 1. The Bertz CT molecular complexity index is 1120. The number of rotatable bonds is 4. The topological polar surface area (TPSA) is 67.2 Å². The second kappa shape index (κ2) is 8.11. The molecule has 2 aliphatic rings. The van der Waals surface area contributed by atoms with Gasteiger partial charge in [0.15, 0.2) is 5.65 Å². The molecule has 0 spiro atoms. The lowest BCUT2D eigenvalue weighted by molar-refractivity contribution is -0.134. The lowest BCUT2D eigenvalue weighted by atomic mass is 10.2. The average Bonchev–Trinajstić information content (AvgIpc) is 3.56. The van der Waals surface area contributed by atoms with Gasteiger partial charge in [0.25, 0.3) is 0 Å². The van der Waals surface area contributed by atoms with Crippen LogP contribution in [0.25, 0.3) is 16.7 Å². The molecule has 162 valence electrons. The molecule has 1 saturated heterocycles. The van der Waals surface area contributed by atoms with Crippen molar-refractivity contribution in [2.45, 2.75) is 39.0 Å². The van der Waals surface area contributed by atoms with E-state index in [1.54, 1.807) is 0 Å². The van der Waals surface area contributed by atoms with Crippen LogP contribution in [0.5, 0.6) is 0 Å². The first-order valence-electron chi connectivity index (χ1n) is 11.1. The van der Waals surface area contributed by atoms with Gasteiger partial charge in [-0.15, -0.1) is 0 Å². The lowest BCUT2D eigenvalue weighted by Crippen LogP contribution is -2.37. The summed E-state index contributed by atoms with van der Waals surface area (Å²) in [5.41, 5.74) is 1.70. The molecular weight excluding hydrogens is 412 g/mol. The maximum atomic E-state index is 12.5. The number of carbonyl (C=O) groups excluding carboxylic acids is 1. The highest BCUT2D eigenvalue weighted by atomic mass is 35.5. The summed E-state index contributed by atoms with van der Waals surface area (Å²) in [4.78, 5) is 26.7. The van der Waals surface area contributed by atoms with Crippen LogP contribution in [-0.2, 0) is 4.79 Å². The van der Waals surface area contributed by atoms with Crippen molar-refractivity contribution in [1.82, 2.24) is 24.6 Å². The van der Waals surface area contributed by atoms with E-state index < -0.39 is 0 Å². The molecule has 0 N–H and O–H groups in total. The van der Waals surface area contributed by atoms with Crippen LogP contribution in [0.15, 0.2) is 30.5 Å². The lowest BCUT2D eigenvalue weighted by Gasteiger charge is -2.24. The minimum Gasteiger partial charge on any atom is -0.354 e. The van der Waals surface area contributed by atoms with Crippen molar-refractivity contribution < 1.29 is 4.79 Å². The van der Waals surface area contributed by atoms with E-state index in [9.17, 15) is 4.79 Å². The zero-order valence-electron chi connectivity index (χ0n) is 18.0. The monoisotopic (exact) mass is 438 g/mol. The van der Waals surface area contributed by atoms with Crippen molar-refractivity contribution in [3.05, 3.63) is 41.3 Å². The summed E-state index contributed by atoms with van der Waals surface area (Å²) in [5, 5.41) is 6.24. The van der Waals surface area contributed by atoms with Crippen LogP contribution in [0, 0.1) is 5.92 Å². The van der Waals surface area contributed by atoms with E-state index >= 15 is 0 Å². The SMILES string of the molecule is CC(C)C(=O)N1CCCN(c2nc(C3CC3)nc3c2cnn3-c2cccc(Cl)c2)CC1. The molecule has 7 nitrogen and oxygen atoms in total. The quantitative estimate of drug-likeness (QED) is 0.615. The molecule has 31 heavy (non-hydrogen) atoms. The maximum absolute atomic E-state index is 12.5. The van der Waals surface area contributed by atoms with Crippen LogP contribution >= 0.6 is 11.6 Å². The maximum Gasteiger partial charge on any atom is 0.225 e. The number of hydrogen-bond donors (Lipinski definition) is 0. The van der Waals surface area contributed by atoms with Crippen LogP contribution in [0.1, 0.15) is 44.9 Å². The summed E-state index contributed by atoms with van der Waals surface area (Å²) >= 11 is 6.22. The van der Waals surface area contributed by atoms with Crippen molar-refractivity contribution in [3.63, 3.8) is 0 Å². The van der Waals surface area contributed by atoms with E-state index in [1.165, 1.54) is 0 Å². The fourth-order valence-electron chi connectivity index (χ4n) is 4.19. The molecule has 3 heterocycles. The molecule has 8 heteroatoms. The third-order valence-corrected chi connectivity index (χ3v) is 6.26. The van der Waals surface area contributed by atoms with Crippen molar-refractivity contribution in [2.24, 2.45) is 5.92 Å². The molecule has 1 aromatic carbocycles. The van der Waals surface area contributed by atoms with Crippen LogP contribution in [-0.4, -0.2) is 56.7 Å². The van der Waals surface area contributed by atoms with Crippen molar-refractivity contribution in [1.29, 1.82) is 0 Å². The fraction of sp³-hybridized carbons (Fsp3) is 0.478. The largest absolute Gasteiger partial charge is 0.354 e. The van der Waals surface area contributed by atoms with Gasteiger partial charge in [0.05, 0.1) is 17.3 Å². The number of benzene rings is 1. The smallest absolute Gasteiger partial charge is 0.225 e. The highest BCUT2D eigenvalue weighted by Crippen LogP contribution is 2.40. The number of nitrogens with zero attached hydrogens (tertiary/aromatic N) is 6. The summed E-state index contributed by atoms with van der Waals surface area (Å²) in [6, 6.07) is 7.66. The van der Waals surface area contributed by atoms with Crippen LogP contribution in [0.4, 0.5) is 5.82 Å². The molecule has 2 aromatic heterocycles. The molecule has 0 atom stereocenters. The molecule has 1 amide bonds. The Labute approximate surface area is 187 Å². The first kappa shape index (κ1) is 20.2. The molecule has 1 aliphatic heterocycles. The standard InChI is InChI=1S/C23H27ClN6O/c1-15(2)23(31)29-10-4-9-28(11-12-29)21-19-14-25-30(18-6-3-5-17(24)13-18)22(19)27-20(26-21)16-7-8-16/h3,5-6,13-16H,4,7-12H2,1-2H3. The highest BCUT2D eigenvalue weighted by molar-refractivity contribution is 6.30. The van der Waals surface area contributed by atoms with Crippen LogP contribution < -0.4 is 4.90 Å². The Morgan fingerprint density at radius 2 is 1.97 bits per heavy atom. The van der Waals surface area contributed by atoms with E-state index in [0.717, 1.165) is 67.3 Å². The number of halogens is 1. The first-order chi connectivity index (χ1) is 15.0. The summed E-state index contributed by atoms with van der Waals surface area (Å²) in [6.07, 6.45) is 5.04. The van der Waals surface area contributed by atoms with Gasteiger partial charge in [-0.1, -0.05) is 31.5 Å². The van der Waals surface area contributed by atoms with Gasteiger partial charge in [-0.3, -0.25) is 4.79 Å². The molecule has 0 unspecified atom stereocenters. The summed E-state index contributed by atoms with van der Waals surface area (Å²) in [5.74, 6) is 2.50. The van der Waals surface area contributed by atoms with E-state index in [0.29, 0.717) is 17.5 Å². The van der Waals surface area contributed by atoms with Gasteiger partial charge in [-0.05, 0) is 37.5 Å². The predicted octanol–water partition coefficient (Wildman–Crippen LogP) is 4.04. The Morgan fingerprint density at radius 1 is 1.13 bits per heavy atom. The second-order valence-corrected chi connectivity index (χ2v) is 9.21. The minimum atomic E-state index is 0.0229. The van der Waals surface area contributed by atoms with E-state index in [1.807, 2.05) is 53.9 Å². The predicted molar refractivity (Wildman–Crippen MR) is 122 cm³/mol. The minimum absolute atomic E-state index is 0.0229. The molecule has 1 saturated carbocycles. The van der Waals surface area contributed by atoms with Gasteiger partial charge >= 0.3 is 0 Å². The van der Waals surface area contributed by atoms with Gasteiger partial charge in [0.2, 0.25) is 5.91 Å². The van der Waals surface area contributed by atoms with Crippen molar-refractivity contribution in [3.8, 4) is 5.69 Å². The highest BCUT2D eigenvalue weighted by Gasteiger charge is 2.30. The van der Waals surface area contributed by atoms with Gasteiger partial charge < -0.3 is 9.80 Å². The zero-order chi connectivity index (χ0) is 21.5. The molecule has 1 aliphatic carbocycles. The molecule has 3 aromatic rings. The van der Waals surface area contributed by atoms with Gasteiger partial charge in [0, 0.05) is 43.0 Å². The summed E-state index contributed by atoms with van der Waals surface area (Å²) in [7, 11) is 0. The average molecular weight is 439 g/mol. The third-order valence-electron chi connectivity index (χ3n) is 6.02. The van der Waals surface area contributed by atoms with Gasteiger partial charge in [-0.2, -0.15) is 5.10 Å². The summed E-state index contributed by atoms with van der Waals surface area (Å²) in [6.45, 7) is 7.05. The van der Waals surface area contributed by atoms with Crippen molar-refractivity contribution in [2.75, 3.05) is 31.1 Å². The molecule has 0 radical (unpaired) electrons. The Morgan fingerprint density at radius 3 is 2.71 bits per heavy atom. The second-order valence-electron chi connectivity index (χ2n) is 8.77. The van der Waals surface area contributed by atoms with Crippen LogP contribution in [0.3, 0.4) is 0 Å². The molecule has 2 fully saturated rings. The number of aromatic nitrogens is 4. The van der Waals surface area contributed by atoms with Gasteiger partial charge in [-0.25, -0.2) is 14.6 Å². The zero-order valence-corrected chi connectivity index (χ0v) is 18.7. The number of fused-ring (bicyclic) bond motifs is 1. The van der Waals surface area contributed by atoms with Crippen LogP contribution in [0.2, 0.25) is 5.02 Å².